The van der Waals surface area contributed by atoms with Gasteiger partial charge in [-0.15, -0.1) is 0 Å². The summed E-state index contributed by atoms with van der Waals surface area (Å²) in [4.78, 5) is 2.54. The van der Waals surface area contributed by atoms with E-state index in [1.165, 1.54) is 26.1 Å². The number of nitrogens with zero attached hydrogens (tertiary/aromatic N) is 3. The average Bonchev–Trinajstić information content (AvgIpc) is 2.10. The Labute approximate surface area is 84.0 Å². The summed E-state index contributed by atoms with van der Waals surface area (Å²) in [7, 11) is 5.29. The molecule has 0 bridgehead atoms. The van der Waals surface area contributed by atoms with E-state index in [9.17, 15) is 0 Å². The molecule has 1 aliphatic heterocycles. The molecule has 0 radical (unpaired) electrons. The van der Waals surface area contributed by atoms with Crippen LogP contribution in [0.1, 0.15) is 20.3 Å². The first-order valence-corrected chi connectivity index (χ1v) is 6.02. The minimum absolute atomic E-state index is 0.671. The van der Waals surface area contributed by atoms with E-state index in [0.29, 0.717) is 6.17 Å². The van der Waals surface area contributed by atoms with Crippen LogP contribution in [0.15, 0.2) is 0 Å². The van der Waals surface area contributed by atoms with Crippen LogP contribution in [0.5, 0.6) is 0 Å². The van der Waals surface area contributed by atoms with Gasteiger partial charge in [-0.2, -0.15) is 0 Å². The average molecular weight is 203 g/mol. The smallest absolute Gasteiger partial charge is 0.0675 e. The summed E-state index contributed by atoms with van der Waals surface area (Å²) in [6.07, 6.45) is 1.95. The van der Waals surface area contributed by atoms with Crippen molar-refractivity contribution in [2.45, 2.75) is 26.4 Å². The van der Waals surface area contributed by atoms with Crippen molar-refractivity contribution in [2.24, 2.45) is 0 Å². The van der Waals surface area contributed by atoms with Gasteiger partial charge in [0.1, 0.15) is 0 Å². The van der Waals surface area contributed by atoms with E-state index in [1.807, 2.05) is 0 Å². The molecule has 1 heterocycles. The van der Waals surface area contributed by atoms with Crippen molar-refractivity contribution >= 4 is 8.88 Å². The van der Waals surface area contributed by atoms with Crippen molar-refractivity contribution in [1.29, 1.82) is 0 Å². The molecule has 3 nitrogen and oxygen atoms in total. The van der Waals surface area contributed by atoms with Crippen LogP contribution in [0.2, 0.25) is 0 Å². The maximum absolute atomic E-state index is 2.54. The standard InChI is InChI=1S/C9H22N3P/c1-5-12(6-2)9-7-8-10(3)13-11(9)4/h9,13H,5-8H2,1-4H3. The molecule has 0 aromatic carbocycles. The van der Waals surface area contributed by atoms with Crippen LogP contribution in [-0.4, -0.2) is 54.1 Å². The first kappa shape index (κ1) is 11.4. The van der Waals surface area contributed by atoms with Crippen LogP contribution in [0, 0.1) is 0 Å². The van der Waals surface area contributed by atoms with Crippen molar-refractivity contribution in [3.8, 4) is 0 Å². The Bertz CT molecular complexity index is 150. The molecule has 0 spiro atoms. The lowest BCUT2D eigenvalue weighted by atomic mass is 10.3. The van der Waals surface area contributed by atoms with E-state index in [0.717, 1.165) is 8.88 Å². The molecule has 0 aliphatic carbocycles. The van der Waals surface area contributed by atoms with Crippen LogP contribution in [-0.2, 0) is 0 Å². The molecule has 0 aromatic heterocycles. The summed E-state index contributed by atoms with van der Waals surface area (Å²) in [5.41, 5.74) is 0. The van der Waals surface area contributed by atoms with E-state index < -0.39 is 0 Å². The fourth-order valence-corrected chi connectivity index (χ4v) is 3.15. The second-order valence-corrected chi connectivity index (χ2v) is 5.29. The minimum Gasteiger partial charge on any atom is -0.288 e. The Kier molecular flexibility index (Phi) is 4.60. The van der Waals surface area contributed by atoms with Gasteiger partial charge in [-0.05, 0) is 33.6 Å². The predicted octanol–water partition coefficient (Wildman–Crippen LogP) is 1.43. The summed E-state index contributed by atoms with van der Waals surface area (Å²) in [6.45, 7) is 8.07. The largest absolute Gasteiger partial charge is 0.288 e. The maximum Gasteiger partial charge on any atom is 0.0675 e. The Morgan fingerprint density at radius 3 is 2.38 bits per heavy atom. The number of hydrogen-bond acceptors (Lipinski definition) is 3. The zero-order valence-electron chi connectivity index (χ0n) is 9.25. The quantitative estimate of drug-likeness (QED) is 0.642. The van der Waals surface area contributed by atoms with E-state index >= 15 is 0 Å². The third-order valence-electron chi connectivity index (χ3n) is 2.73. The fraction of sp³-hybridized carbons (Fsp3) is 1.00. The first-order valence-electron chi connectivity index (χ1n) is 5.13. The molecular formula is C9H22N3P. The molecule has 13 heavy (non-hydrogen) atoms. The molecular weight excluding hydrogens is 181 g/mol. The Morgan fingerprint density at radius 1 is 1.31 bits per heavy atom. The van der Waals surface area contributed by atoms with E-state index in [-0.39, 0.29) is 0 Å². The SMILES string of the molecule is CCN(CC)C1CCN(C)PN1C. The highest BCUT2D eigenvalue weighted by Crippen LogP contribution is 2.30. The molecule has 1 aliphatic rings. The van der Waals surface area contributed by atoms with Gasteiger partial charge < -0.3 is 0 Å². The van der Waals surface area contributed by atoms with Gasteiger partial charge in [0.15, 0.2) is 0 Å². The van der Waals surface area contributed by atoms with Crippen LogP contribution in [0.25, 0.3) is 0 Å². The number of hydrogen-bond donors (Lipinski definition) is 0. The summed E-state index contributed by atoms with van der Waals surface area (Å²) in [5.74, 6) is 0. The Morgan fingerprint density at radius 2 is 1.92 bits per heavy atom. The normalized spacial score (nSPS) is 28.8. The van der Waals surface area contributed by atoms with E-state index in [4.69, 9.17) is 0 Å². The second kappa shape index (κ2) is 5.26. The Hall–Kier alpha value is 0.310. The van der Waals surface area contributed by atoms with Gasteiger partial charge in [0.25, 0.3) is 0 Å². The molecule has 2 unspecified atom stereocenters. The summed E-state index contributed by atoms with van der Waals surface area (Å²) < 4.78 is 4.87. The molecule has 0 saturated carbocycles. The second-order valence-electron chi connectivity index (χ2n) is 3.62. The molecule has 1 saturated heterocycles. The zero-order chi connectivity index (χ0) is 9.84. The van der Waals surface area contributed by atoms with E-state index in [2.05, 4.69) is 42.2 Å². The van der Waals surface area contributed by atoms with Crippen LogP contribution >= 0.6 is 8.88 Å². The molecule has 1 rings (SSSR count). The zero-order valence-corrected chi connectivity index (χ0v) is 10.2. The molecule has 0 amide bonds. The lowest BCUT2D eigenvalue weighted by molar-refractivity contribution is 0.102. The lowest BCUT2D eigenvalue weighted by Crippen LogP contribution is -2.48. The molecule has 4 heteroatoms. The van der Waals surface area contributed by atoms with Gasteiger partial charge >= 0.3 is 0 Å². The van der Waals surface area contributed by atoms with Crippen molar-refractivity contribution in [3.63, 3.8) is 0 Å². The predicted molar refractivity (Wildman–Crippen MR) is 60.0 cm³/mol. The molecule has 0 N–H and O–H groups in total. The Balaban J connectivity index is 2.49. The summed E-state index contributed by atoms with van der Waals surface area (Å²) >= 11 is 0. The van der Waals surface area contributed by atoms with Gasteiger partial charge in [-0.3, -0.25) is 14.2 Å². The lowest BCUT2D eigenvalue weighted by Gasteiger charge is -2.42. The van der Waals surface area contributed by atoms with Crippen molar-refractivity contribution < 1.29 is 0 Å². The van der Waals surface area contributed by atoms with Gasteiger partial charge in [0.2, 0.25) is 0 Å². The molecule has 2 atom stereocenters. The van der Waals surface area contributed by atoms with Gasteiger partial charge in [0.05, 0.1) is 6.17 Å². The monoisotopic (exact) mass is 203 g/mol. The molecule has 78 valence electrons. The van der Waals surface area contributed by atoms with Crippen LogP contribution < -0.4 is 0 Å². The maximum atomic E-state index is 2.54. The first-order chi connectivity index (χ1) is 6.19. The highest BCUT2D eigenvalue weighted by molar-refractivity contribution is 7.32. The number of rotatable bonds is 3. The topological polar surface area (TPSA) is 9.72 Å². The van der Waals surface area contributed by atoms with Crippen molar-refractivity contribution in [1.82, 2.24) is 14.2 Å². The minimum atomic E-state index is 0.671. The highest BCUT2D eigenvalue weighted by Gasteiger charge is 2.25. The van der Waals surface area contributed by atoms with E-state index in [1.54, 1.807) is 0 Å². The fourth-order valence-electron chi connectivity index (χ4n) is 1.96. The summed E-state index contributed by atoms with van der Waals surface area (Å²) in [6, 6.07) is 0. The van der Waals surface area contributed by atoms with Crippen LogP contribution in [0.3, 0.4) is 0 Å². The van der Waals surface area contributed by atoms with Crippen molar-refractivity contribution in [2.75, 3.05) is 33.7 Å². The third-order valence-corrected chi connectivity index (χ3v) is 3.91. The van der Waals surface area contributed by atoms with Gasteiger partial charge in [0, 0.05) is 15.4 Å². The highest BCUT2D eigenvalue weighted by atomic mass is 31.1. The van der Waals surface area contributed by atoms with Gasteiger partial charge in [-0.25, -0.2) is 0 Å². The van der Waals surface area contributed by atoms with Crippen LogP contribution in [0.4, 0.5) is 0 Å². The van der Waals surface area contributed by atoms with Crippen molar-refractivity contribution in [3.05, 3.63) is 0 Å². The third kappa shape index (κ3) is 2.88. The molecule has 1 fully saturated rings. The summed E-state index contributed by atoms with van der Waals surface area (Å²) in [5, 5.41) is 0. The van der Waals surface area contributed by atoms with Gasteiger partial charge in [-0.1, -0.05) is 13.8 Å². The molecule has 0 aromatic rings.